The molecule has 0 fully saturated rings. The van der Waals surface area contributed by atoms with Crippen molar-refractivity contribution >= 4 is 40.5 Å². The van der Waals surface area contributed by atoms with Gasteiger partial charge in [0.1, 0.15) is 6.61 Å². The average Bonchev–Trinajstić information content (AvgIpc) is 2.62. The molecule has 0 spiro atoms. The summed E-state index contributed by atoms with van der Waals surface area (Å²) in [5.41, 5.74) is 7.86. The summed E-state index contributed by atoms with van der Waals surface area (Å²) in [6.45, 7) is 4.00. The van der Waals surface area contributed by atoms with Gasteiger partial charge in [0.2, 0.25) is 6.10 Å². The molecular weight excluding hydrogens is 374 g/mol. The Bertz CT molecular complexity index is 836. The lowest BCUT2D eigenvalue weighted by Gasteiger charge is -2.25. The number of carbonyl (C=O) groups is 1. The molecule has 3 N–H and O–H groups in total. The van der Waals surface area contributed by atoms with Crippen molar-refractivity contribution in [3.05, 3.63) is 52.5 Å². The van der Waals surface area contributed by atoms with Crippen molar-refractivity contribution in [3.63, 3.8) is 0 Å². The molecule has 6 nitrogen and oxygen atoms in total. The lowest BCUT2D eigenvalue weighted by Crippen LogP contribution is -2.51. The summed E-state index contributed by atoms with van der Waals surface area (Å²) in [5, 5.41) is 3.75. The second kappa shape index (κ2) is 7.80. The van der Waals surface area contributed by atoms with Gasteiger partial charge in [0.15, 0.2) is 16.6 Å². The molecule has 2 aromatic carbocycles. The zero-order valence-electron chi connectivity index (χ0n) is 14.3. The fraction of sp³-hybridized carbons (Fsp3) is 0.222. The number of para-hydroxylation sites is 2. The van der Waals surface area contributed by atoms with Gasteiger partial charge in [-0.05, 0) is 55.4 Å². The molecule has 26 heavy (non-hydrogen) atoms. The molecule has 1 atom stereocenters. The molecule has 0 radical (unpaired) electrons. The van der Waals surface area contributed by atoms with Crippen molar-refractivity contribution in [2.24, 2.45) is 0 Å². The van der Waals surface area contributed by atoms with Crippen LogP contribution in [-0.4, -0.2) is 23.7 Å². The smallest absolute Gasteiger partial charge is 0.283 e. The SMILES string of the molecule is Cc1cc(C)c(NC(=S)NNC(=O)C2COc3ccccc3O2)c(Cl)c1. The van der Waals surface area contributed by atoms with E-state index in [0.29, 0.717) is 22.2 Å². The molecule has 1 unspecified atom stereocenters. The number of thiocarbonyl (C=S) groups is 1. The van der Waals surface area contributed by atoms with Crippen LogP contribution >= 0.6 is 23.8 Å². The molecule has 3 rings (SSSR count). The molecule has 1 heterocycles. The number of rotatable bonds is 2. The van der Waals surface area contributed by atoms with Gasteiger partial charge in [-0.3, -0.25) is 15.6 Å². The Morgan fingerprint density at radius 2 is 1.92 bits per heavy atom. The van der Waals surface area contributed by atoms with E-state index in [2.05, 4.69) is 16.2 Å². The number of anilines is 1. The second-order valence-electron chi connectivity index (χ2n) is 5.87. The highest BCUT2D eigenvalue weighted by Gasteiger charge is 2.27. The third kappa shape index (κ3) is 4.17. The first-order chi connectivity index (χ1) is 12.4. The first-order valence-corrected chi connectivity index (χ1v) is 8.75. The number of hydrogen-bond acceptors (Lipinski definition) is 4. The van der Waals surface area contributed by atoms with Crippen LogP contribution in [0.25, 0.3) is 0 Å². The number of hydrazine groups is 1. The highest BCUT2D eigenvalue weighted by Crippen LogP contribution is 2.31. The van der Waals surface area contributed by atoms with Crippen molar-refractivity contribution in [2.75, 3.05) is 11.9 Å². The zero-order chi connectivity index (χ0) is 18.7. The van der Waals surface area contributed by atoms with Crippen LogP contribution in [-0.2, 0) is 4.79 Å². The molecule has 1 aliphatic heterocycles. The number of fused-ring (bicyclic) bond motifs is 1. The van der Waals surface area contributed by atoms with E-state index in [4.69, 9.17) is 33.3 Å². The number of amides is 1. The summed E-state index contributed by atoms with van der Waals surface area (Å²) in [4.78, 5) is 12.3. The van der Waals surface area contributed by atoms with E-state index in [9.17, 15) is 4.79 Å². The van der Waals surface area contributed by atoms with E-state index in [0.717, 1.165) is 11.1 Å². The molecule has 0 aromatic heterocycles. The molecule has 8 heteroatoms. The summed E-state index contributed by atoms with van der Waals surface area (Å²) in [6, 6.07) is 11.0. The Kier molecular flexibility index (Phi) is 5.49. The van der Waals surface area contributed by atoms with Gasteiger partial charge in [0, 0.05) is 0 Å². The van der Waals surface area contributed by atoms with E-state index < -0.39 is 12.0 Å². The van der Waals surface area contributed by atoms with Crippen LogP contribution in [0.5, 0.6) is 11.5 Å². The Hall–Kier alpha value is -2.51. The Morgan fingerprint density at radius 1 is 1.19 bits per heavy atom. The van der Waals surface area contributed by atoms with Crippen LogP contribution in [0.1, 0.15) is 11.1 Å². The third-order valence-corrected chi connectivity index (χ3v) is 4.27. The Morgan fingerprint density at radius 3 is 2.65 bits per heavy atom. The molecule has 1 amide bonds. The molecule has 2 aromatic rings. The number of hydrogen-bond donors (Lipinski definition) is 3. The summed E-state index contributed by atoms with van der Waals surface area (Å²) < 4.78 is 11.2. The monoisotopic (exact) mass is 391 g/mol. The van der Waals surface area contributed by atoms with Crippen LogP contribution in [0, 0.1) is 13.8 Å². The van der Waals surface area contributed by atoms with E-state index in [-0.39, 0.29) is 11.7 Å². The van der Waals surface area contributed by atoms with E-state index in [1.165, 1.54) is 0 Å². The van der Waals surface area contributed by atoms with Gasteiger partial charge in [0.25, 0.3) is 5.91 Å². The maximum Gasteiger partial charge on any atom is 0.283 e. The van der Waals surface area contributed by atoms with Crippen molar-refractivity contribution in [3.8, 4) is 11.5 Å². The topological polar surface area (TPSA) is 71.6 Å². The molecule has 0 aliphatic carbocycles. The van der Waals surface area contributed by atoms with E-state index >= 15 is 0 Å². The first kappa shape index (κ1) is 18.3. The normalized spacial score (nSPS) is 15.1. The van der Waals surface area contributed by atoms with E-state index in [1.54, 1.807) is 12.1 Å². The molecule has 0 saturated heterocycles. The number of ether oxygens (including phenoxy) is 2. The van der Waals surface area contributed by atoms with Crippen LogP contribution in [0.2, 0.25) is 5.02 Å². The largest absolute Gasteiger partial charge is 0.485 e. The lowest BCUT2D eigenvalue weighted by atomic mass is 10.1. The predicted octanol–water partition coefficient (Wildman–Crippen LogP) is 3.11. The Balaban J connectivity index is 1.54. The van der Waals surface area contributed by atoms with Gasteiger partial charge in [-0.25, -0.2) is 0 Å². The number of benzene rings is 2. The number of nitrogens with one attached hydrogen (secondary N) is 3. The number of carbonyl (C=O) groups excluding carboxylic acids is 1. The minimum atomic E-state index is -0.773. The first-order valence-electron chi connectivity index (χ1n) is 7.96. The minimum absolute atomic E-state index is 0.119. The highest BCUT2D eigenvalue weighted by atomic mass is 35.5. The standard InChI is InChI=1S/C18H18ClN3O3S/c1-10-7-11(2)16(12(19)8-10)20-18(26)22-21-17(23)15-9-24-13-5-3-4-6-14(13)25-15/h3-8,15H,9H2,1-2H3,(H,21,23)(H2,20,22,26). The van der Waals surface area contributed by atoms with Crippen molar-refractivity contribution < 1.29 is 14.3 Å². The second-order valence-corrected chi connectivity index (χ2v) is 6.69. The fourth-order valence-electron chi connectivity index (χ4n) is 2.57. The molecule has 136 valence electrons. The molecule has 0 saturated carbocycles. The summed E-state index contributed by atoms with van der Waals surface area (Å²) in [7, 11) is 0. The molecule has 0 bridgehead atoms. The molecular formula is C18H18ClN3O3S. The van der Waals surface area contributed by atoms with Gasteiger partial charge in [0.05, 0.1) is 10.7 Å². The predicted molar refractivity (Wildman–Crippen MR) is 105 cm³/mol. The van der Waals surface area contributed by atoms with Gasteiger partial charge in [-0.2, -0.15) is 0 Å². The van der Waals surface area contributed by atoms with Crippen LogP contribution in [0.15, 0.2) is 36.4 Å². The minimum Gasteiger partial charge on any atom is -0.485 e. The average molecular weight is 392 g/mol. The molecule has 1 aliphatic rings. The maximum atomic E-state index is 12.3. The Labute approximate surface area is 161 Å². The van der Waals surface area contributed by atoms with Gasteiger partial charge in [-0.1, -0.05) is 29.8 Å². The van der Waals surface area contributed by atoms with Gasteiger partial charge >= 0.3 is 0 Å². The third-order valence-electron chi connectivity index (χ3n) is 3.77. The van der Waals surface area contributed by atoms with Crippen LogP contribution in [0.3, 0.4) is 0 Å². The van der Waals surface area contributed by atoms with Crippen LogP contribution < -0.4 is 25.6 Å². The van der Waals surface area contributed by atoms with Crippen molar-refractivity contribution in [1.82, 2.24) is 10.9 Å². The summed E-state index contributed by atoms with van der Waals surface area (Å²) in [5.74, 6) is 0.753. The van der Waals surface area contributed by atoms with Gasteiger partial charge < -0.3 is 14.8 Å². The summed E-state index contributed by atoms with van der Waals surface area (Å²) >= 11 is 11.4. The van der Waals surface area contributed by atoms with Crippen molar-refractivity contribution in [1.29, 1.82) is 0 Å². The quantitative estimate of drug-likeness (QED) is 0.539. The lowest BCUT2D eigenvalue weighted by molar-refractivity contribution is -0.130. The fourth-order valence-corrected chi connectivity index (χ4v) is 3.09. The summed E-state index contributed by atoms with van der Waals surface area (Å²) in [6.07, 6.45) is -0.773. The van der Waals surface area contributed by atoms with Crippen molar-refractivity contribution in [2.45, 2.75) is 20.0 Å². The number of aryl methyl sites for hydroxylation is 2. The van der Waals surface area contributed by atoms with Crippen LogP contribution in [0.4, 0.5) is 5.69 Å². The number of halogens is 1. The van der Waals surface area contributed by atoms with Gasteiger partial charge in [-0.15, -0.1) is 0 Å². The highest BCUT2D eigenvalue weighted by molar-refractivity contribution is 7.80. The maximum absolute atomic E-state index is 12.3. The van der Waals surface area contributed by atoms with E-state index in [1.807, 2.05) is 38.1 Å². The zero-order valence-corrected chi connectivity index (χ0v) is 15.8.